The van der Waals surface area contributed by atoms with Crippen LogP contribution in [0, 0.1) is 0 Å². The van der Waals surface area contributed by atoms with Gasteiger partial charge in [-0.15, -0.1) is 0 Å². The smallest absolute Gasteiger partial charge is 0.335 e. The number of nitrogens with one attached hydrogen (secondary N) is 1. The van der Waals surface area contributed by atoms with Crippen LogP contribution >= 0.6 is 0 Å². The summed E-state index contributed by atoms with van der Waals surface area (Å²) in [5.41, 5.74) is 6.70. The highest BCUT2D eigenvalue weighted by molar-refractivity contribution is 5.91. The Morgan fingerprint density at radius 2 is 1.95 bits per heavy atom. The molecule has 1 saturated carbocycles. The Kier molecular flexibility index (Phi) is 4.74. The van der Waals surface area contributed by atoms with E-state index in [0.717, 1.165) is 25.7 Å². The number of amides is 1. The molecule has 0 spiro atoms. The van der Waals surface area contributed by atoms with Gasteiger partial charge in [0.25, 0.3) is 0 Å². The number of hydrogen-bond acceptors (Lipinski definition) is 3. The van der Waals surface area contributed by atoms with Crippen LogP contribution in [0.1, 0.15) is 41.6 Å². The highest BCUT2D eigenvalue weighted by Crippen LogP contribution is 2.17. The number of carbonyl (C=O) groups is 2. The minimum Gasteiger partial charge on any atom is -0.478 e. The fourth-order valence-electron chi connectivity index (χ4n) is 2.65. The summed E-state index contributed by atoms with van der Waals surface area (Å²) < 4.78 is 0. The van der Waals surface area contributed by atoms with Gasteiger partial charge >= 0.3 is 5.97 Å². The Morgan fingerprint density at radius 3 is 2.65 bits per heavy atom. The third kappa shape index (κ3) is 3.57. The zero-order valence-corrected chi connectivity index (χ0v) is 11.3. The average molecular weight is 276 g/mol. The third-order valence-electron chi connectivity index (χ3n) is 3.76. The van der Waals surface area contributed by atoms with E-state index < -0.39 is 5.97 Å². The fraction of sp³-hybridized carbons (Fsp3) is 0.467. The number of carboxylic acid groups (broad SMARTS) is 1. The van der Waals surface area contributed by atoms with Gasteiger partial charge in [-0.2, -0.15) is 0 Å². The van der Waals surface area contributed by atoms with Crippen molar-refractivity contribution >= 4 is 11.9 Å². The van der Waals surface area contributed by atoms with Gasteiger partial charge in [0.05, 0.1) is 12.0 Å². The molecule has 2 atom stereocenters. The van der Waals surface area contributed by atoms with Gasteiger partial charge in [0.2, 0.25) is 5.91 Å². The topological polar surface area (TPSA) is 92.4 Å². The molecule has 0 radical (unpaired) electrons. The molecule has 1 aromatic carbocycles. The second kappa shape index (κ2) is 6.52. The molecule has 1 fully saturated rings. The quantitative estimate of drug-likeness (QED) is 0.773. The highest BCUT2D eigenvalue weighted by Gasteiger charge is 2.23. The number of carbonyl (C=O) groups excluding carboxylic acids is 1. The first-order valence-corrected chi connectivity index (χ1v) is 6.94. The monoisotopic (exact) mass is 276 g/mol. The first-order chi connectivity index (χ1) is 9.58. The lowest BCUT2D eigenvalue weighted by Gasteiger charge is -2.29. The number of benzene rings is 1. The van der Waals surface area contributed by atoms with Crippen molar-refractivity contribution in [1.82, 2.24) is 5.32 Å². The van der Waals surface area contributed by atoms with Gasteiger partial charge in [0, 0.05) is 12.1 Å². The normalized spacial score (nSPS) is 22.2. The van der Waals surface area contributed by atoms with E-state index in [4.69, 9.17) is 10.8 Å². The molecule has 5 nitrogen and oxygen atoms in total. The van der Waals surface area contributed by atoms with Gasteiger partial charge in [0.15, 0.2) is 0 Å². The third-order valence-corrected chi connectivity index (χ3v) is 3.76. The zero-order chi connectivity index (χ0) is 14.5. The molecular weight excluding hydrogens is 256 g/mol. The van der Waals surface area contributed by atoms with Gasteiger partial charge < -0.3 is 16.2 Å². The summed E-state index contributed by atoms with van der Waals surface area (Å²) in [5.74, 6) is -1.18. The lowest BCUT2D eigenvalue weighted by atomic mass is 9.91. The first-order valence-electron chi connectivity index (χ1n) is 6.94. The van der Waals surface area contributed by atoms with E-state index in [0.29, 0.717) is 5.56 Å². The molecule has 1 aliphatic rings. The molecule has 0 bridgehead atoms. The van der Waals surface area contributed by atoms with Crippen molar-refractivity contribution in [2.75, 3.05) is 0 Å². The fourth-order valence-corrected chi connectivity index (χ4v) is 2.65. The summed E-state index contributed by atoms with van der Waals surface area (Å²) in [4.78, 5) is 23.1. The molecule has 1 aliphatic carbocycles. The molecule has 0 heterocycles. The van der Waals surface area contributed by atoms with Crippen LogP contribution in [0.2, 0.25) is 0 Å². The van der Waals surface area contributed by atoms with Gasteiger partial charge in [-0.05, 0) is 24.5 Å². The van der Waals surface area contributed by atoms with Crippen molar-refractivity contribution in [1.29, 1.82) is 0 Å². The molecule has 1 amide bonds. The molecule has 0 saturated heterocycles. The van der Waals surface area contributed by atoms with Crippen molar-refractivity contribution in [3.8, 4) is 0 Å². The van der Waals surface area contributed by atoms with E-state index in [2.05, 4.69) is 5.32 Å². The average Bonchev–Trinajstić information content (AvgIpc) is 2.41. The van der Waals surface area contributed by atoms with Crippen LogP contribution < -0.4 is 11.1 Å². The Morgan fingerprint density at radius 1 is 1.25 bits per heavy atom. The van der Waals surface area contributed by atoms with Gasteiger partial charge in [-0.1, -0.05) is 31.0 Å². The van der Waals surface area contributed by atoms with Crippen molar-refractivity contribution < 1.29 is 14.7 Å². The molecular formula is C15H20N2O3. The first kappa shape index (κ1) is 14.5. The maximum atomic E-state index is 12.0. The molecule has 1 aromatic rings. The van der Waals surface area contributed by atoms with E-state index in [1.54, 1.807) is 18.2 Å². The largest absolute Gasteiger partial charge is 0.478 e. The molecule has 20 heavy (non-hydrogen) atoms. The number of aromatic carboxylic acids is 1. The summed E-state index contributed by atoms with van der Waals surface area (Å²) >= 11 is 0. The lowest BCUT2D eigenvalue weighted by Crippen LogP contribution is -2.49. The van der Waals surface area contributed by atoms with Crippen LogP contribution in [0.15, 0.2) is 24.3 Å². The van der Waals surface area contributed by atoms with Crippen LogP contribution in [0.25, 0.3) is 0 Å². The van der Waals surface area contributed by atoms with E-state index in [1.165, 1.54) is 6.07 Å². The molecule has 0 aliphatic heterocycles. The molecule has 0 aromatic heterocycles. The van der Waals surface area contributed by atoms with Crippen LogP contribution in [-0.2, 0) is 11.2 Å². The van der Waals surface area contributed by atoms with E-state index in [9.17, 15) is 9.59 Å². The highest BCUT2D eigenvalue weighted by atomic mass is 16.4. The van der Waals surface area contributed by atoms with E-state index in [1.807, 2.05) is 0 Å². The lowest BCUT2D eigenvalue weighted by molar-refractivity contribution is -0.121. The van der Waals surface area contributed by atoms with Gasteiger partial charge in [-0.25, -0.2) is 4.79 Å². The Labute approximate surface area is 118 Å². The second-order valence-corrected chi connectivity index (χ2v) is 5.26. The summed E-state index contributed by atoms with van der Waals surface area (Å²) in [6.45, 7) is 0. The second-order valence-electron chi connectivity index (χ2n) is 5.26. The molecule has 2 unspecified atom stereocenters. The molecule has 2 rings (SSSR count). The summed E-state index contributed by atoms with van der Waals surface area (Å²) in [7, 11) is 0. The summed E-state index contributed by atoms with van der Waals surface area (Å²) in [6.07, 6.45) is 4.08. The Hall–Kier alpha value is -1.88. The zero-order valence-electron chi connectivity index (χ0n) is 11.3. The Bertz CT molecular complexity index is 502. The summed E-state index contributed by atoms with van der Waals surface area (Å²) in [5, 5.41) is 12.0. The number of nitrogens with two attached hydrogens (primary N) is 1. The predicted octanol–water partition coefficient (Wildman–Crippen LogP) is 1.31. The number of rotatable bonds is 4. The van der Waals surface area contributed by atoms with Gasteiger partial charge in [-0.3, -0.25) is 4.79 Å². The maximum Gasteiger partial charge on any atom is 0.335 e. The van der Waals surface area contributed by atoms with Crippen molar-refractivity contribution in [3.63, 3.8) is 0 Å². The van der Waals surface area contributed by atoms with E-state index in [-0.39, 0.29) is 30.0 Å². The molecule has 108 valence electrons. The van der Waals surface area contributed by atoms with Crippen LogP contribution in [0.3, 0.4) is 0 Å². The summed E-state index contributed by atoms with van der Waals surface area (Å²) in [6, 6.07) is 6.58. The molecule has 5 heteroatoms. The van der Waals surface area contributed by atoms with Crippen LogP contribution in [-0.4, -0.2) is 29.1 Å². The van der Waals surface area contributed by atoms with Crippen LogP contribution in [0.4, 0.5) is 0 Å². The standard InChI is InChI=1S/C15H20N2O3/c16-12-7-3-4-8-13(12)17-14(18)9-10-5-1-2-6-11(10)15(19)20/h1-2,5-6,12-13H,3-4,7-9,16H2,(H,17,18)(H,19,20). The Balaban J connectivity index is 1.99. The minimum atomic E-state index is -1.01. The SMILES string of the molecule is NC1CCCCC1NC(=O)Cc1ccccc1C(=O)O. The minimum absolute atomic E-state index is 0.00224. The van der Waals surface area contributed by atoms with Crippen molar-refractivity contribution in [3.05, 3.63) is 35.4 Å². The van der Waals surface area contributed by atoms with Gasteiger partial charge in [0.1, 0.15) is 0 Å². The number of hydrogen-bond donors (Lipinski definition) is 3. The van der Waals surface area contributed by atoms with Crippen molar-refractivity contribution in [2.45, 2.75) is 44.2 Å². The van der Waals surface area contributed by atoms with E-state index >= 15 is 0 Å². The number of carboxylic acids is 1. The van der Waals surface area contributed by atoms with Crippen LogP contribution in [0.5, 0.6) is 0 Å². The predicted molar refractivity (Wildman–Crippen MR) is 75.5 cm³/mol. The van der Waals surface area contributed by atoms with Crippen molar-refractivity contribution in [2.24, 2.45) is 5.73 Å². The molecule has 4 N–H and O–H groups in total. The maximum absolute atomic E-state index is 12.0.